The molecule has 0 N–H and O–H groups in total. The maximum Gasteiger partial charge on any atom is 0.160 e. The summed E-state index contributed by atoms with van der Waals surface area (Å²) >= 11 is 0. The smallest absolute Gasteiger partial charge is 0.160 e. The van der Waals surface area contributed by atoms with Gasteiger partial charge in [0, 0.05) is 33.0 Å². The second-order valence-corrected chi connectivity index (χ2v) is 14.1. The van der Waals surface area contributed by atoms with Crippen molar-refractivity contribution in [3.8, 4) is 56.2 Å². The van der Waals surface area contributed by atoms with Gasteiger partial charge in [-0.25, -0.2) is 9.97 Å². The fraction of sp³-hybridized carbons (Fsp3) is 0. The molecule has 2 aromatic heterocycles. The fourth-order valence-corrected chi connectivity index (χ4v) is 8.19. The van der Waals surface area contributed by atoms with E-state index in [9.17, 15) is 0 Å². The van der Waals surface area contributed by atoms with Gasteiger partial charge < -0.3 is 4.42 Å². The Hall–Kier alpha value is -7.36. The first-order chi connectivity index (χ1) is 27.2. The van der Waals surface area contributed by atoms with Crippen LogP contribution in [-0.4, -0.2) is 9.97 Å². The van der Waals surface area contributed by atoms with E-state index in [0.29, 0.717) is 5.82 Å². The van der Waals surface area contributed by atoms with E-state index in [2.05, 4.69) is 176 Å². The number of hydrogen-bond donors (Lipinski definition) is 0. The second-order valence-electron chi connectivity index (χ2n) is 14.1. The van der Waals surface area contributed by atoms with E-state index in [1.165, 1.54) is 32.5 Å². The lowest BCUT2D eigenvalue weighted by atomic mass is 9.91. The van der Waals surface area contributed by atoms with E-state index >= 15 is 0 Å². The zero-order valence-corrected chi connectivity index (χ0v) is 29.8. The number of fused-ring (bicyclic) bond motifs is 7. The van der Waals surface area contributed by atoms with Crippen LogP contribution in [0.3, 0.4) is 0 Å². The standard InChI is InChI=1S/C52H32N2O/c1-2-11-33(12-3-1)34-21-27-38(28-22-34)52-53-47(37-25-23-36(24-26-37)42-18-10-19-45-43-17-8-9-20-49(43)55-51(42)45)32-48(54-52)50-41-16-7-5-14-39(41)31-46-40-15-6-4-13-35(40)29-30-44(46)50/h1-32H. The largest absolute Gasteiger partial charge is 0.455 e. The van der Waals surface area contributed by atoms with Gasteiger partial charge in [-0.05, 0) is 67.2 Å². The molecular weight excluding hydrogens is 669 g/mol. The van der Waals surface area contributed by atoms with Gasteiger partial charge in [-0.15, -0.1) is 0 Å². The van der Waals surface area contributed by atoms with Gasteiger partial charge in [-0.2, -0.15) is 0 Å². The number of para-hydroxylation sites is 2. The van der Waals surface area contributed by atoms with Gasteiger partial charge in [-0.3, -0.25) is 0 Å². The highest BCUT2D eigenvalue weighted by atomic mass is 16.3. The minimum absolute atomic E-state index is 0.685. The van der Waals surface area contributed by atoms with E-state index in [-0.39, 0.29) is 0 Å². The summed E-state index contributed by atoms with van der Waals surface area (Å²) in [5.41, 5.74) is 11.1. The molecule has 0 spiro atoms. The Kier molecular flexibility index (Phi) is 7.17. The Balaban J connectivity index is 1.11. The first-order valence-corrected chi connectivity index (χ1v) is 18.6. The number of nitrogens with zero attached hydrogens (tertiary/aromatic N) is 2. The number of rotatable bonds is 5. The number of benzene rings is 9. The molecule has 0 atom stereocenters. The molecule has 0 amide bonds. The topological polar surface area (TPSA) is 38.9 Å². The normalized spacial score (nSPS) is 11.6. The molecule has 0 unspecified atom stereocenters. The van der Waals surface area contributed by atoms with Crippen LogP contribution in [0.2, 0.25) is 0 Å². The predicted octanol–water partition coefficient (Wildman–Crippen LogP) is 14.2. The molecular formula is C52H32N2O. The molecule has 3 heteroatoms. The van der Waals surface area contributed by atoms with Gasteiger partial charge >= 0.3 is 0 Å². The van der Waals surface area contributed by atoms with Crippen molar-refractivity contribution in [3.05, 3.63) is 194 Å². The number of aromatic nitrogens is 2. The average molecular weight is 701 g/mol. The third-order valence-corrected chi connectivity index (χ3v) is 10.9. The highest BCUT2D eigenvalue weighted by Crippen LogP contribution is 2.41. The molecule has 3 nitrogen and oxygen atoms in total. The zero-order valence-electron chi connectivity index (χ0n) is 29.8. The van der Waals surface area contributed by atoms with Crippen molar-refractivity contribution in [1.82, 2.24) is 9.97 Å². The van der Waals surface area contributed by atoms with E-state index in [1.54, 1.807) is 0 Å². The molecule has 11 aromatic rings. The van der Waals surface area contributed by atoms with Gasteiger partial charge in [-0.1, -0.05) is 176 Å². The highest BCUT2D eigenvalue weighted by Gasteiger charge is 2.18. The van der Waals surface area contributed by atoms with Gasteiger partial charge in [0.2, 0.25) is 0 Å². The average Bonchev–Trinajstić information content (AvgIpc) is 3.65. The summed E-state index contributed by atoms with van der Waals surface area (Å²) in [6.07, 6.45) is 0. The Labute approximate surface area is 317 Å². The molecule has 11 rings (SSSR count). The molecule has 0 aliphatic carbocycles. The van der Waals surface area contributed by atoms with Gasteiger partial charge in [0.15, 0.2) is 5.82 Å². The van der Waals surface area contributed by atoms with Crippen molar-refractivity contribution in [2.45, 2.75) is 0 Å². The molecule has 0 saturated carbocycles. The van der Waals surface area contributed by atoms with Crippen molar-refractivity contribution >= 4 is 54.3 Å². The van der Waals surface area contributed by atoms with Crippen LogP contribution in [0.15, 0.2) is 199 Å². The molecule has 2 heterocycles. The van der Waals surface area contributed by atoms with Crippen molar-refractivity contribution in [2.24, 2.45) is 0 Å². The number of furan rings is 1. The molecule has 0 saturated heterocycles. The monoisotopic (exact) mass is 700 g/mol. The molecule has 0 radical (unpaired) electrons. The SMILES string of the molecule is c1ccc(-c2ccc(-c3nc(-c4ccc(-c5cccc6c5oc5ccccc56)cc4)cc(-c4c5ccccc5cc5c4ccc4ccccc45)n3)cc2)cc1. The molecule has 0 aliphatic heterocycles. The zero-order chi connectivity index (χ0) is 36.3. The molecule has 9 aromatic carbocycles. The summed E-state index contributed by atoms with van der Waals surface area (Å²) in [4.78, 5) is 10.6. The van der Waals surface area contributed by atoms with E-state index in [1.807, 2.05) is 18.2 Å². The summed E-state index contributed by atoms with van der Waals surface area (Å²) < 4.78 is 6.40. The summed E-state index contributed by atoms with van der Waals surface area (Å²) in [7, 11) is 0. The first kappa shape index (κ1) is 31.2. The van der Waals surface area contributed by atoms with Crippen LogP contribution in [0.1, 0.15) is 0 Å². The number of hydrogen-bond acceptors (Lipinski definition) is 3. The van der Waals surface area contributed by atoms with Crippen molar-refractivity contribution in [1.29, 1.82) is 0 Å². The lowest BCUT2D eigenvalue weighted by molar-refractivity contribution is 0.670. The van der Waals surface area contributed by atoms with Crippen LogP contribution in [0.25, 0.3) is 110 Å². The third kappa shape index (κ3) is 5.28. The van der Waals surface area contributed by atoms with Crippen molar-refractivity contribution < 1.29 is 4.42 Å². The summed E-state index contributed by atoms with van der Waals surface area (Å²) in [6, 6.07) is 68.6. The van der Waals surface area contributed by atoms with E-state index in [0.717, 1.165) is 72.1 Å². The minimum Gasteiger partial charge on any atom is -0.455 e. The second kappa shape index (κ2) is 12.6. The van der Waals surface area contributed by atoms with Crippen LogP contribution < -0.4 is 0 Å². The lowest BCUT2D eigenvalue weighted by Gasteiger charge is -2.15. The fourth-order valence-electron chi connectivity index (χ4n) is 8.19. The molecule has 55 heavy (non-hydrogen) atoms. The van der Waals surface area contributed by atoms with Crippen LogP contribution in [-0.2, 0) is 0 Å². The molecule has 0 aliphatic rings. The van der Waals surface area contributed by atoms with Crippen molar-refractivity contribution in [3.63, 3.8) is 0 Å². The quantitative estimate of drug-likeness (QED) is 0.133. The molecule has 0 fully saturated rings. The van der Waals surface area contributed by atoms with Crippen LogP contribution in [0.4, 0.5) is 0 Å². The minimum atomic E-state index is 0.685. The van der Waals surface area contributed by atoms with Gasteiger partial charge in [0.25, 0.3) is 0 Å². The molecule has 0 bridgehead atoms. The van der Waals surface area contributed by atoms with E-state index in [4.69, 9.17) is 14.4 Å². The Morgan fingerprint density at radius 1 is 0.327 bits per heavy atom. The third-order valence-electron chi connectivity index (χ3n) is 10.9. The van der Waals surface area contributed by atoms with Crippen LogP contribution >= 0.6 is 0 Å². The summed E-state index contributed by atoms with van der Waals surface area (Å²) in [6.45, 7) is 0. The molecule has 256 valence electrons. The maximum absolute atomic E-state index is 6.40. The Morgan fingerprint density at radius 2 is 0.945 bits per heavy atom. The first-order valence-electron chi connectivity index (χ1n) is 18.6. The van der Waals surface area contributed by atoms with Gasteiger partial charge in [0.05, 0.1) is 11.4 Å². The van der Waals surface area contributed by atoms with Crippen molar-refractivity contribution in [2.75, 3.05) is 0 Å². The van der Waals surface area contributed by atoms with Gasteiger partial charge in [0.1, 0.15) is 11.2 Å². The lowest BCUT2D eigenvalue weighted by Crippen LogP contribution is -1.97. The Morgan fingerprint density at radius 3 is 1.78 bits per heavy atom. The van der Waals surface area contributed by atoms with Crippen LogP contribution in [0.5, 0.6) is 0 Å². The maximum atomic E-state index is 6.40. The van der Waals surface area contributed by atoms with E-state index < -0.39 is 0 Å². The Bertz CT molecular complexity index is 3230. The summed E-state index contributed by atoms with van der Waals surface area (Å²) in [5.74, 6) is 0.685. The van der Waals surface area contributed by atoms with Crippen LogP contribution in [0, 0.1) is 0 Å². The predicted molar refractivity (Wildman–Crippen MR) is 229 cm³/mol. The summed E-state index contributed by atoms with van der Waals surface area (Å²) in [5, 5.41) is 9.42. The highest BCUT2D eigenvalue weighted by molar-refractivity contribution is 6.20.